The van der Waals surface area contributed by atoms with E-state index in [9.17, 15) is 4.79 Å². The minimum Gasteiger partial charge on any atom is -0.481 e. The van der Waals surface area contributed by atoms with Crippen LogP contribution in [0.5, 0.6) is 5.75 Å². The first-order valence-corrected chi connectivity index (χ1v) is 10.0. The van der Waals surface area contributed by atoms with Gasteiger partial charge in [0.2, 0.25) is 11.2 Å². The van der Waals surface area contributed by atoms with Crippen molar-refractivity contribution in [2.24, 2.45) is 0 Å². The van der Waals surface area contributed by atoms with Gasteiger partial charge in [0.15, 0.2) is 5.76 Å². The van der Waals surface area contributed by atoms with E-state index in [-0.39, 0.29) is 23.5 Å². The lowest BCUT2D eigenvalue weighted by Crippen LogP contribution is -2.11. The molecule has 1 aromatic heterocycles. The lowest BCUT2D eigenvalue weighted by Gasteiger charge is -2.14. The molecule has 0 spiro atoms. The van der Waals surface area contributed by atoms with Crippen LogP contribution in [0.25, 0.3) is 22.3 Å². The smallest absolute Gasteiger partial charge is 0.235 e. The maximum absolute atomic E-state index is 13.2. The Kier molecular flexibility index (Phi) is 5.75. The molecule has 0 unspecified atom stereocenters. The van der Waals surface area contributed by atoms with E-state index in [1.807, 2.05) is 0 Å². The molecule has 3 aromatic carbocycles. The van der Waals surface area contributed by atoms with Gasteiger partial charge in [0.25, 0.3) is 0 Å². The van der Waals surface area contributed by atoms with Crippen LogP contribution in [0, 0.1) is 0 Å². The summed E-state index contributed by atoms with van der Waals surface area (Å²) >= 11 is 24.9. The first kappa shape index (κ1) is 20.1. The van der Waals surface area contributed by atoms with E-state index >= 15 is 0 Å². The van der Waals surface area contributed by atoms with Crippen LogP contribution in [0.15, 0.2) is 69.9 Å². The zero-order valence-electron chi connectivity index (χ0n) is 14.7. The van der Waals surface area contributed by atoms with Gasteiger partial charge < -0.3 is 9.15 Å². The van der Waals surface area contributed by atoms with Gasteiger partial charge in [-0.3, -0.25) is 4.79 Å². The molecule has 0 amide bonds. The summed E-state index contributed by atoms with van der Waals surface area (Å²) in [6.45, 7) is -0.0210. The third-order valence-electron chi connectivity index (χ3n) is 4.35. The van der Waals surface area contributed by atoms with Crippen LogP contribution in [-0.4, -0.2) is 0 Å². The standard InChI is InChI=1S/C22H12Cl4O3/c23-12-8-9-19-14(10-12)20(27)22(21(29-19)13-4-1-2-5-16(13)24)28-11-15-17(25)6-3-7-18(15)26/h1-10H,11H2. The van der Waals surface area contributed by atoms with E-state index < -0.39 is 0 Å². The van der Waals surface area contributed by atoms with Crippen molar-refractivity contribution in [3.8, 4) is 17.1 Å². The molecule has 1 heterocycles. The first-order chi connectivity index (χ1) is 14.0. The van der Waals surface area contributed by atoms with Crippen molar-refractivity contribution >= 4 is 57.4 Å². The van der Waals surface area contributed by atoms with Crippen LogP contribution in [-0.2, 0) is 6.61 Å². The van der Waals surface area contributed by atoms with Gasteiger partial charge in [0, 0.05) is 26.2 Å². The topological polar surface area (TPSA) is 39.4 Å². The monoisotopic (exact) mass is 464 g/mol. The van der Waals surface area contributed by atoms with E-state index in [1.165, 1.54) is 6.07 Å². The number of fused-ring (bicyclic) bond motifs is 1. The summed E-state index contributed by atoms with van der Waals surface area (Å²) < 4.78 is 11.9. The van der Waals surface area contributed by atoms with Crippen molar-refractivity contribution in [2.45, 2.75) is 6.61 Å². The molecule has 0 atom stereocenters. The molecule has 0 aliphatic rings. The van der Waals surface area contributed by atoms with Crippen molar-refractivity contribution in [2.75, 3.05) is 0 Å². The molecule has 7 heteroatoms. The third-order valence-corrected chi connectivity index (χ3v) is 5.62. The van der Waals surface area contributed by atoms with Crippen LogP contribution < -0.4 is 10.2 Å². The zero-order valence-corrected chi connectivity index (χ0v) is 17.7. The quantitative estimate of drug-likeness (QED) is 0.310. The van der Waals surface area contributed by atoms with Gasteiger partial charge in [-0.2, -0.15) is 0 Å². The molecular weight excluding hydrogens is 454 g/mol. The second-order valence-corrected chi connectivity index (χ2v) is 7.86. The summed E-state index contributed by atoms with van der Waals surface area (Å²) in [4.78, 5) is 13.2. The second kappa shape index (κ2) is 8.29. The second-order valence-electron chi connectivity index (χ2n) is 6.20. The molecule has 0 fully saturated rings. The minimum atomic E-state index is -0.369. The average molecular weight is 466 g/mol. The number of hydrogen-bond acceptors (Lipinski definition) is 3. The Morgan fingerprint density at radius 3 is 2.24 bits per heavy atom. The molecule has 146 valence electrons. The predicted octanol–water partition coefficient (Wildman–Crippen LogP) is 7.65. The fourth-order valence-corrected chi connectivity index (χ4v) is 3.82. The maximum atomic E-state index is 13.2. The highest BCUT2D eigenvalue weighted by molar-refractivity contribution is 6.36. The lowest BCUT2D eigenvalue weighted by molar-refractivity contribution is 0.298. The molecule has 3 nitrogen and oxygen atoms in total. The molecule has 0 radical (unpaired) electrons. The highest BCUT2D eigenvalue weighted by atomic mass is 35.5. The van der Waals surface area contributed by atoms with Crippen molar-refractivity contribution in [1.29, 1.82) is 0 Å². The average Bonchev–Trinajstić information content (AvgIpc) is 2.70. The van der Waals surface area contributed by atoms with Crippen molar-refractivity contribution < 1.29 is 9.15 Å². The zero-order chi connectivity index (χ0) is 20.5. The van der Waals surface area contributed by atoms with Gasteiger partial charge in [-0.15, -0.1) is 0 Å². The van der Waals surface area contributed by atoms with Crippen molar-refractivity contribution in [3.63, 3.8) is 0 Å². The van der Waals surface area contributed by atoms with Gasteiger partial charge in [0.1, 0.15) is 12.2 Å². The highest BCUT2D eigenvalue weighted by Crippen LogP contribution is 2.36. The van der Waals surface area contributed by atoms with Crippen molar-refractivity contribution in [3.05, 3.63) is 96.5 Å². The summed E-state index contributed by atoms with van der Waals surface area (Å²) in [7, 11) is 0. The van der Waals surface area contributed by atoms with Gasteiger partial charge >= 0.3 is 0 Å². The summed E-state index contributed by atoms with van der Waals surface area (Å²) in [6, 6.07) is 17.0. The number of halogens is 4. The fourth-order valence-electron chi connectivity index (χ4n) is 2.92. The molecular formula is C22H12Cl4O3. The van der Waals surface area contributed by atoms with Crippen LogP contribution in [0.1, 0.15) is 5.56 Å². The summed E-state index contributed by atoms with van der Waals surface area (Å²) in [5.41, 5.74) is 1.10. The number of hydrogen-bond donors (Lipinski definition) is 0. The Balaban J connectivity index is 1.90. The molecule has 4 aromatic rings. The van der Waals surface area contributed by atoms with E-state index in [1.54, 1.807) is 54.6 Å². The Labute approximate surface area is 186 Å². The normalized spacial score (nSPS) is 11.0. The Morgan fingerprint density at radius 2 is 1.52 bits per heavy atom. The van der Waals surface area contributed by atoms with E-state index in [4.69, 9.17) is 55.6 Å². The van der Waals surface area contributed by atoms with Gasteiger partial charge in [-0.1, -0.05) is 64.6 Å². The highest BCUT2D eigenvalue weighted by Gasteiger charge is 2.20. The fraction of sp³-hybridized carbons (Fsp3) is 0.0455. The molecule has 0 aliphatic carbocycles. The van der Waals surface area contributed by atoms with Crippen LogP contribution in [0.4, 0.5) is 0 Å². The summed E-state index contributed by atoms with van der Waals surface area (Å²) in [5, 5.41) is 2.00. The van der Waals surface area contributed by atoms with Crippen LogP contribution >= 0.6 is 46.4 Å². The lowest BCUT2D eigenvalue weighted by atomic mass is 10.1. The van der Waals surface area contributed by atoms with E-state index in [0.29, 0.717) is 42.2 Å². The number of ether oxygens (including phenoxy) is 1. The van der Waals surface area contributed by atoms with Crippen LogP contribution in [0.2, 0.25) is 20.1 Å². The maximum Gasteiger partial charge on any atom is 0.235 e. The molecule has 4 rings (SSSR count). The molecule has 29 heavy (non-hydrogen) atoms. The van der Waals surface area contributed by atoms with Gasteiger partial charge in [-0.05, 0) is 42.5 Å². The SMILES string of the molecule is O=c1c(OCc2c(Cl)cccc2Cl)c(-c2ccccc2Cl)oc2ccc(Cl)cc12. The largest absolute Gasteiger partial charge is 0.481 e. The Hall–Kier alpha value is -2.17. The van der Waals surface area contributed by atoms with Crippen molar-refractivity contribution in [1.82, 2.24) is 0 Å². The Bertz CT molecular complexity index is 1260. The van der Waals surface area contributed by atoms with Crippen LogP contribution in [0.3, 0.4) is 0 Å². The van der Waals surface area contributed by atoms with Gasteiger partial charge in [0.05, 0.1) is 10.4 Å². The first-order valence-electron chi connectivity index (χ1n) is 8.52. The molecule has 0 saturated carbocycles. The molecule has 0 N–H and O–H groups in total. The van der Waals surface area contributed by atoms with E-state index in [0.717, 1.165) is 0 Å². The van der Waals surface area contributed by atoms with E-state index in [2.05, 4.69) is 0 Å². The number of rotatable bonds is 4. The third kappa shape index (κ3) is 3.96. The molecule has 0 bridgehead atoms. The minimum absolute atomic E-state index is 0.00357. The summed E-state index contributed by atoms with van der Waals surface area (Å²) in [6.07, 6.45) is 0. The molecule has 0 saturated heterocycles. The summed E-state index contributed by atoms with van der Waals surface area (Å²) in [5.74, 6) is 0.224. The Morgan fingerprint density at radius 1 is 0.828 bits per heavy atom. The molecule has 0 aliphatic heterocycles. The predicted molar refractivity (Wildman–Crippen MR) is 119 cm³/mol. The van der Waals surface area contributed by atoms with Gasteiger partial charge in [-0.25, -0.2) is 0 Å². The number of benzene rings is 3.